The molecule has 324 valence electrons. The van der Waals surface area contributed by atoms with Gasteiger partial charge in [-0.15, -0.1) is 0 Å². The molecular formula is C60H42N6O2. The Morgan fingerprint density at radius 1 is 0.294 bits per heavy atom. The van der Waals surface area contributed by atoms with Crippen LogP contribution in [0.1, 0.15) is 11.1 Å². The van der Waals surface area contributed by atoms with Gasteiger partial charge in [-0.3, -0.25) is 0 Å². The first kappa shape index (κ1) is 40.4. The maximum atomic E-state index is 6.17. The van der Waals surface area contributed by atoms with Crippen molar-refractivity contribution in [2.45, 2.75) is 13.8 Å². The summed E-state index contributed by atoms with van der Waals surface area (Å²) in [6.45, 7) is 4.10. The third kappa shape index (κ3) is 7.49. The van der Waals surface area contributed by atoms with Crippen molar-refractivity contribution in [3.8, 4) is 45.4 Å². The van der Waals surface area contributed by atoms with E-state index in [9.17, 15) is 0 Å². The largest absolute Gasteiger partial charge is 0.436 e. The van der Waals surface area contributed by atoms with Gasteiger partial charge in [0.05, 0.1) is 22.4 Å². The normalized spacial score (nSPS) is 11.4. The van der Waals surface area contributed by atoms with E-state index in [1.807, 2.05) is 60.7 Å². The highest BCUT2D eigenvalue weighted by atomic mass is 16.4. The zero-order valence-corrected chi connectivity index (χ0v) is 37.3. The lowest BCUT2D eigenvalue weighted by Crippen LogP contribution is -2.10. The summed E-state index contributed by atoms with van der Waals surface area (Å²) in [5.41, 5.74) is 18.6. The molecule has 68 heavy (non-hydrogen) atoms. The lowest BCUT2D eigenvalue weighted by atomic mass is 10.0. The molecule has 0 N–H and O–H groups in total. The van der Waals surface area contributed by atoms with Gasteiger partial charge in [0.1, 0.15) is 11.0 Å². The first-order chi connectivity index (χ1) is 33.5. The van der Waals surface area contributed by atoms with E-state index < -0.39 is 0 Å². The van der Waals surface area contributed by atoms with Crippen LogP contribution in [0.4, 0.5) is 34.1 Å². The Balaban J connectivity index is 0.880. The van der Waals surface area contributed by atoms with Crippen LogP contribution in [0.15, 0.2) is 227 Å². The number of aromatic nitrogens is 4. The lowest BCUT2D eigenvalue weighted by molar-refractivity contribution is 0.619. The predicted octanol–water partition coefficient (Wildman–Crippen LogP) is 16.1. The number of aryl methyl sites for hydroxylation is 2. The molecule has 8 heteroatoms. The Kier molecular flexibility index (Phi) is 10.1. The van der Waals surface area contributed by atoms with E-state index in [2.05, 4.69) is 181 Å². The molecule has 8 nitrogen and oxygen atoms in total. The van der Waals surface area contributed by atoms with Gasteiger partial charge in [0.25, 0.3) is 0 Å². The maximum absolute atomic E-state index is 6.17. The molecule has 0 saturated carbocycles. The number of rotatable bonds is 10. The summed E-state index contributed by atoms with van der Waals surface area (Å²) in [4.78, 5) is 24.7. The molecule has 3 aromatic heterocycles. The second-order valence-electron chi connectivity index (χ2n) is 16.8. The molecule has 0 aliphatic carbocycles. The van der Waals surface area contributed by atoms with E-state index >= 15 is 0 Å². The number of nitrogens with zero attached hydrogens (tertiary/aromatic N) is 6. The van der Waals surface area contributed by atoms with Crippen molar-refractivity contribution < 1.29 is 8.83 Å². The minimum absolute atomic E-state index is 0.602. The van der Waals surface area contributed by atoms with Crippen LogP contribution >= 0.6 is 0 Å². The molecule has 12 rings (SSSR count). The summed E-state index contributed by atoms with van der Waals surface area (Å²) in [7, 11) is 0. The molecule has 0 radical (unpaired) electrons. The number of anilines is 6. The van der Waals surface area contributed by atoms with Gasteiger partial charge in [0.15, 0.2) is 11.2 Å². The van der Waals surface area contributed by atoms with Crippen LogP contribution in [-0.2, 0) is 0 Å². The van der Waals surface area contributed by atoms with Gasteiger partial charge in [0.2, 0.25) is 11.8 Å². The van der Waals surface area contributed by atoms with Crippen molar-refractivity contribution >= 4 is 67.4 Å². The second kappa shape index (κ2) is 17.0. The maximum Gasteiger partial charge on any atom is 0.227 e. The van der Waals surface area contributed by atoms with Crippen LogP contribution in [-0.4, -0.2) is 19.9 Å². The van der Waals surface area contributed by atoms with Crippen molar-refractivity contribution in [3.05, 3.63) is 230 Å². The Bertz CT molecular complexity index is 3490. The molecule has 0 saturated heterocycles. The number of benzene rings is 9. The van der Waals surface area contributed by atoms with Crippen molar-refractivity contribution in [1.29, 1.82) is 0 Å². The summed E-state index contributed by atoms with van der Waals surface area (Å²) in [5, 5.41) is 0. The highest BCUT2D eigenvalue weighted by Crippen LogP contribution is 2.41. The summed E-state index contributed by atoms with van der Waals surface area (Å²) in [6, 6.07) is 74.8. The Hall–Kier alpha value is -9.14. The fraction of sp³-hybridized carbons (Fsp3) is 0.0333. The molecule has 0 unspecified atom stereocenters. The van der Waals surface area contributed by atoms with Gasteiger partial charge in [-0.25, -0.2) is 19.9 Å². The van der Waals surface area contributed by atoms with Crippen LogP contribution in [0.3, 0.4) is 0 Å². The fourth-order valence-corrected chi connectivity index (χ4v) is 8.91. The van der Waals surface area contributed by atoms with E-state index in [-0.39, 0.29) is 0 Å². The Morgan fingerprint density at radius 3 is 0.971 bits per heavy atom. The Labute approximate surface area is 393 Å². The van der Waals surface area contributed by atoms with E-state index in [1.54, 1.807) is 0 Å². The molecule has 3 heterocycles. The monoisotopic (exact) mass is 878 g/mol. The quantitative estimate of drug-likeness (QED) is 0.134. The number of hydrogen-bond donors (Lipinski definition) is 0. The standard InChI is InChI=1S/C60H42N6O2/c1-39-13-11-21-53-55(39)63-59(67-53)43-27-35-49(36-28-43)65(45-15-5-3-6-16-45)47-31-23-41(24-32-47)57-58(62-52-20-10-9-19-51(52)61-57)42-25-33-48(34-26-42)66(46-17-7-4-8-18-46)50-37-29-44(30-38-50)60-64-56-40(2)14-12-22-54(56)68-60/h3-38H,1-2H3. The molecule has 0 amide bonds. The summed E-state index contributed by atoms with van der Waals surface area (Å²) >= 11 is 0. The van der Waals surface area contributed by atoms with E-state index in [0.717, 1.165) is 112 Å². The zero-order valence-electron chi connectivity index (χ0n) is 37.3. The molecule has 0 atom stereocenters. The molecule has 0 aliphatic heterocycles. The van der Waals surface area contributed by atoms with E-state index in [1.165, 1.54) is 0 Å². The summed E-state index contributed by atoms with van der Waals surface area (Å²) < 4.78 is 12.3. The minimum atomic E-state index is 0.602. The van der Waals surface area contributed by atoms with Crippen LogP contribution in [0.2, 0.25) is 0 Å². The highest BCUT2D eigenvalue weighted by Gasteiger charge is 2.20. The summed E-state index contributed by atoms with van der Waals surface area (Å²) in [6.07, 6.45) is 0. The van der Waals surface area contributed by atoms with Gasteiger partial charge in [-0.05, 0) is 146 Å². The van der Waals surface area contributed by atoms with E-state index in [0.29, 0.717) is 11.8 Å². The first-order valence-electron chi connectivity index (χ1n) is 22.6. The van der Waals surface area contributed by atoms with Gasteiger partial charge >= 0.3 is 0 Å². The van der Waals surface area contributed by atoms with Gasteiger partial charge in [0, 0.05) is 56.4 Å². The number of oxazole rings is 2. The first-order valence-corrected chi connectivity index (χ1v) is 22.6. The van der Waals surface area contributed by atoms with E-state index in [4.69, 9.17) is 28.8 Å². The SMILES string of the molecule is Cc1cccc2oc(-c3ccc(N(c4ccccc4)c4ccc(-c5nc6ccccc6nc5-c5ccc(N(c6ccccc6)c6ccc(-c7nc8c(C)cccc8o7)cc6)cc5)cc4)cc3)nc12. The highest BCUT2D eigenvalue weighted by molar-refractivity contribution is 5.89. The topological polar surface area (TPSA) is 84.3 Å². The van der Waals surface area contributed by atoms with Crippen LogP contribution in [0.25, 0.3) is 78.7 Å². The number of para-hydroxylation sites is 6. The molecule has 12 aromatic rings. The lowest BCUT2D eigenvalue weighted by Gasteiger charge is -2.26. The number of hydrogen-bond acceptors (Lipinski definition) is 8. The van der Waals surface area contributed by atoms with Crippen molar-refractivity contribution in [2.75, 3.05) is 9.80 Å². The minimum Gasteiger partial charge on any atom is -0.436 e. The second-order valence-corrected chi connectivity index (χ2v) is 16.8. The third-order valence-corrected chi connectivity index (χ3v) is 12.4. The van der Waals surface area contributed by atoms with Gasteiger partial charge < -0.3 is 18.6 Å². The third-order valence-electron chi connectivity index (χ3n) is 12.4. The molecule has 0 fully saturated rings. The average molecular weight is 879 g/mol. The molecule has 9 aromatic carbocycles. The fourth-order valence-electron chi connectivity index (χ4n) is 8.91. The smallest absolute Gasteiger partial charge is 0.227 e. The zero-order chi connectivity index (χ0) is 45.6. The van der Waals surface area contributed by atoms with Crippen LogP contribution in [0.5, 0.6) is 0 Å². The molecular weight excluding hydrogens is 837 g/mol. The molecule has 0 bridgehead atoms. The van der Waals surface area contributed by atoms with Crippen molar-refractivity contribution in [3.63, 3.8) is 0 Å². The molecule has 0 spiro atoms. The summed E-state index contributed by atoms with van der Waals surface area (Å²) in [5.74, 6) is 1.20. The van der Waals surface area contributed by atoms with Crippen LogP contribution in [0, 0.1) is 13.8 Å². The van der Waals surface area contributed by atoms with Gasteiger partial charge in [-0.2, -0.15) is 0 Å². The predicted molar refractivity (Wildman–Crippen MR) is 275 cm³/mol. The Morgan fingerprint density at radius 2 is 0.618 bits per heavy atom. The van der Waals surface area contributed by atoms with Crippen LogP contribution < -0.4 is 9.80 Å². The average Bonchev–Trinajstić information content (AvgIpc) is 4.05. The van der Waals surface area contributed by atoms with Crippen molar-refractivity contribution in [1.82, 2.24) is 19.9 Å². The van der Waals surface area contributed by atoms with Gasteiger partial charge in [-0.1, -0.05) is 97.1 Å². The van der Waals surface area contributed by atoms with Crippen molar-refractivity contribution in [2.24, 2.45) is 0 Å². The molecule has 0 aliphatic rings. The number of fused-ring (bicyclic) bond motifs is 3.